The van der Waals surface area contributed by atoms with E-state index < -0.39 is 0 Å². The summed E-state index contributed by atoms with van der Waals surface area (Å²) in [7, 11) is 0. The third kappa shape index (κ3) is 2.00. The first-order chi connectivity index (χ1) is 4.43. The first kappa shape index (κ1) is 6.53. The van der Waals surface area contributed by atoms with E-state index >= 15 is 0 Å². The van der Waals surface area contributed by atoms with Crippen LogP contribution in [-0.2, 0) is 9.47 Å². The van der Waals surface area contributed by atoms with Gasteiger partial charge < -0.3 is 9.47 Å². The van der Waals surface area contributed by atoms with E-state index in [4.69, 9.17) is 14.7 Å². The van der Waals surface area contributed by atoms with Gasteiger partial charge in [-0.1, -0.05) is 0 Å². The van der Waals surface area contributed by atoms with Crippen LogP contribution in [0.15, 0.2) is 0 Å². The molecule has 3 heteroatoms. The van der Waals surface area contributed by atoms with Crippen molar-refractivity contribution in [2.75, 3.05) is 19.8 Å². The van der Waals surface area contributed by atoms with E-state index in [0.717, 1.165) is 0 Å². The molecule has 1 fully saturated rings. The molecule has 0 amide bonds. The number of hydrogen-bond donors (Lipinski definition) is 0. The SMILES string of the molecule is N#CCC1COCCO1. The van der Waals surface area contributed by atoms with Gasteiger partial charge >= 0.3 is 0 Å². The summed E-state index contributed by atoms with van der Waals surface area (Å²) in [5, 5.41) is 8.23. The Morgan fingerprint density at radius 1 is 1.56 bits per heavy atom. The molecule has 0 N–H and O–H groups in total. The highest BCUT2D eigenvalue weighted by Gasteiger charge is 2.12. The summed E-state index contributed by atoms with van der Waals surface area (Å²) in [5.74, 6) is 0. The molecule has 0 spiro atoms. The summed E-state index contributed by atoms with van der Waals surface area (Å²) in [6.45, 7) is 1.88. The standard InChI is InChI=1S/C6H9NO2/c7-2-1-6-5-8-3-4-9-6/h6H,1,3-5H2. The van der Waals surface area contributed by atoms with E-state index in [-0.39, 0.29) is 6.10 Å². The van der Waals surface area contributed by atoms with Crippen molar-refractivity contribution in [3.05, 3.63) is 0 Å². The summed E-state index contributed by atoms with van der Waals surface area (Å²) in [5.41, 5.74) is 0. The van der Waals surface area contributed by atoms with E-state index in [1.807, 2.05) is 6.07 Å². The van der Waals surface area contributed by atoms with Gasteiger partial charge in [0.15, 0.2) is 0 Å². The van der Waals surface area contributed by atoms with Crippen LogP contribution in [0.1, 0.15) is 6.42 Å². The molecule has 1 saturated heterocycles. The van der Waals surface area contributed by atoms with Crippen molar-refractivity contribution < 1.29 is 9.47 Å². The van der Waals surface area contributed by atoms with Gasteiger partial charge in [-0.2, -0.15) is 5.26 Å². The van der Waals surface area contributed by atoms with E-state index in [9.17, 15) is 0 Å². The fraction of sp³-hybridized carbons (Fsp3) is 0.833. The average Bonchev–Trinajstić information content (AvgIpc) is 1.91. The molecule has 3 nitrogen and oxygen atoms in total. The molecule has 1 heterocycles. The summed E-state index contributed by atoms with van der Waals surface area (Å²) < 4.78 is 10.2. The maximum atomic E-state index is 8.23. The lowest BCUT2D eigenvalue weighted by molar-refractivity contribution is -0.0855. The zero-order valence-electron chi connectivity index (χ0n) is 5.17. The van der Waals surface area contributed by atoms with E-state index in [1.54, 1.807) is 0 Å². The predicted octanol–water partition coefficient (Wildman–Crippen LogP) is 0.315. The van der Waals surface area contributed by atoms with Gasteiger partial charge in [0.1, 0.15) is 0 Å². The summed E-state index contributed by atoms with van der Waals surface area (Å²) in [6.07, 6.45) is 0.462. The zero-order valence-corrected chi connectivity index (χ0v) is 5.17. The van der Waals surface area contributed by atoms with Gasteiger partial charge in [0.25, 0.3) is 0 Å². The second-order valence-electron chi connectivity index (χ2n) is 1.93. The Balaban J connectivity index is 2.17. The molecule has 0 aliphatic carbocycles. The quantitative estimate of drug-likeness (QED) is 0.509. The van der Waals surface area contributed by atoms with E-state index in [0.29, 0.717) is 26.2 Å². The molecule has 1 unspecified atom stereocenters. The van der Waals surface area contributed by atoms with Gasteiger partial charge in [0.05, 0.1) is 38.4 Å². The fourth-order valence-electron chi connectivity index (χ4n) is 0.756. The minimum atomic E-state index is 0.0174. The van der Waals surface area contributed by atoms with E-state index in [2.05, 4.69) is 0 Å². The third-order valence-electron chi connectivity index (χ3n) is 1.20. The fourth-order valence-corrected chi connectivity index (χ4v) is 0.756. The first-order valence-electron chi connectivity index (χ1n) is 3.00. The van der Waals surface area contributed by atoms with Crippen LogP contribution in [0.4, 0.5) is 0 Å². The van der Waals surface area contributed by atoms with Crippen molar-refractivity contribution in [3.8, 4) is 6.07 Å². The van der Waals surface area contributed by atoms with Gasteiger partial charge in [-0.3, -0.25) is 0 Å². The van der Waals surface area contributed by atoms with E-state index in [1.165, 1.54) is 0 Å². The molecule has 9 heavy (non-hydrogen) atoms. The summed E-state index contributed by atoms with van der Waals surface area (Å²) in [6, 6.07) is 2.03. The van der Waals surface area contributed by atoms with Crippen LogP contribution in [-0.4, -0.2) is 25.9 Å². The minimum Gasteiger partial charge on any atom is -0.376 e. The smallest absolute Gasteiger partial charge is 0.0939 e. The van der Waals surface area contributed by atoms with Crippen molar-refractivity contribution in [1.29, 1.82) is 5.26 Å². The number of ether oxygens (including phenoxy) is 2. The molecule has 0 radical (unpaired) electrons. The lowest BCUT2D eigenvalue weighted by Crippen LogP contribution is -2.27. The molecule has 50 valence electrons. The van der Waals surface area contributed by atoms with Crippen LogP contribution in [0.2, 0.25) is 0 Å². The highest BCUT2D eigenvalue weighted by Crippen LogP contribution is 2.02. The maximum absolute atomic E-state index is 8.23. The number of rotatable bonds is 1. The molecule has 1 aliphatic heterocycles. The second-order valence-corrected chi connectivity index (χ2v) is 1.93. The Kier molecular flexibility index (Phi) is 2.49. The predicted molar refractivity (Wildman–Crippen MR) is 30.8 cm³/mol. The van der Waals surface area contributed by atoms with Crippen LogP contribution >= 0.6 is 0 Å². The zero-order chi connectivity index (χ0) is 6.53. The Morgan fingerprint density at radius 3 is 3.00 bits per heavy atom. The molecule has 1 rings (SSSR count). The third-order valence-corrected chi connectivity index (χ3v) is 1.20. The largest absolute Gasteiger partial charge is 0.376 e. The molecular formula is C6H9NO2. The van der Waals surface area contributed by atoms with Gasteiger partial charge in [-0.25, -0.2) is 0 Å². The molecule has 0 aromatic rings. The highest BCUT2D eigenvalue weighted by atomic mass is 16.6. The van der Waals surface area contributed by atoms with Gasteiger partial charge in [0, 0.05) is 0 Å². The lowest BCUT2D eigenvalue weighted by atomic mass is 10.3. The summed E-state index contributed by atoms with van der Waals surface area (Å²) in [4.78, 5) is 0. The Labute approximate surface area is 54.2 Å². The normalized spacial score (nSPS) is 27.2. The lowest BCUT2D eigenvalue weighted by Gasteiger charge is -2.20. The molecular weight excluding hydrogens is 118 g/mol. The molecule has 0 saturated carbocycles. The topological polar surface area (TPSA) is 42.2 Å². The molecule has 0 aromatic heterocycles. The molecule has 0 aromatic carbocycles. The first-order valence-corrected chi connectivity index (χ1v) is 3.00. The minimum absolute atomic E-state index is 0.0174. The van der Waals surface area contributed by atoms with Crippen LogP contribution in [0.25, 0.3) is 0 Å². The highest BCUT2D eigenvalue weighted by molar-refractivity contribution is 4.77. The van der Waals surface area contributed by atoms with Gasteiger partial charge in [-0.05, 0) is 0 Å². The van der Waals surface area contributed by atoms with Crippen molar-refractivity contribution in [1.82, 2.24) is 0 Å². The Morgan fingerprint density at radius 2 is 2.44 bits per heavy atom. The van der Waals surface area contributed by atoms with Gasteiger partial charge in [0.2, 0.25) is 0 Å². The van der Waals surface area contributed by atoms with Crippen molar-refractivity contribution >= 4 is 0 Å². The molecule has 0 bridgehead atoms. The summed E-state index contributed by atoms with van der Waals surface area (Å²) >= 11 is 0. The van der Waals surface area contributed by atoms with Crippen molar-refractivity contribution in [2.45, 2.75) is 12.5 Å². The average molecular weight is 127 g/mol. The van der Waals surface area contributed by atoms with Crippen LogP contribution in [0, 0.1) is 11.3 Å². The van der Waals surface area contributed by atoms with Crippen LogP contribution in [0.3, 0.4) is 0 Å². The number of hydrogen-bond acceptors (Lipinski definition) is 3. The van der Waals surface area contributed by atoms with Crippen LogP contribution < -0.4 is 0 Å². The number of nitrogens with zero attached hydrogens (tertiary/aromatic N) is 1. The Bertz CT molecular complexity index is 113. The van der Waals surface area contributed by atoms with Crippen molar-refractivity contribution in [3.63, 3.8) is 0 Å². The monoisotopic (exact) mass is 127 g/mol. The van der Waals surface area contributed by atoms with Gasteiger partial charge in [-0.15, -0.1) is 0 Å². The Hall–Kier alpha value is -0.590. The van der Waals surface area contributed by atoms with Crippen molar-refractivity contribution in [2.24, 2.45) is 0 Å². The molecule has 1 aliphatic rings. The number of nitriles is 1. The van der Waals surface area contributed by atoms with Crippen LogP contribution in [0.5, 0.6) is 0 Å². The second kappa shape index (κ2) is 3.44. The maximum Gasteiger partial charge on any atom is 0.0939 e. The molecule has 1 atom stereocenters.